The van der Waals surface area contributed by atoms with Gasteiger partial charge < -0.3 is 14.4 Å². The number of hydrogen-bond acceptors (Lipinski definition) is 5. The number of nitrogens with zero attached hydrogens (tertiary/aromatic N) is 1. The maximum absolute atomic E-state index is 12.5. The van der Waals surface area contributed by atoms with E-state index in [-0.39, 0.29) is 12.1 Å². The minimum atomic E-state index is -3.14. The van der Waals surface area contributed by atoms with Crippen LogP contribution in [0.1, 0.15) is 32.3 Å². The molecule has 0 aliphatic heterocycles. The van der Waals surface area contributed by atoms with Gasteiger partial charge in [-0.25, -0.2) is 0 Å². The molecule has 0 aromatic heterocycles. The summed E-state index contributed by atoms with van der Waals surface area (Å²) in [6.07, 6.45) is 1.41. The van der Waals surface area contributed by atoms with Gasteiger partial charge in [0.05, 0.1) is 25.4 Å². The second kappa shape index (κ2) is 7.27. The first-order chi connectivity index (χ1) is 11.0. The molecule has 1 saturated carbocycles. The molecule has 1 N–H and O–H groups in total. The van der Waals surface area contributed by atoms with Gasteiger partial charge in [-0.1, -0.05) is 12.1 Å². The fourth-order valence-electron chi connectivity index (χ4n) is 2.20. The van der Waals surface area contributed by atoms with Gasteiger partial charge in [0.2, 0.25) is 5.91 Å². The molecule has 1 aliphatic rings. The lowest BCUT2D eigenvalue weighted by molar-refractivity contribution is -0.119. The Balaban J connectivity index is 2.00. The average molecular weight is 336 g/mol. The van der Waals surface area contributed by atoms with Crippen molar-refractivity contribution >= 4 is 19.2 Å². The van der Waals surface area contributed by atoms with Gasteiger partial charge in [0.15, 0.2) is 0 Å². The summed E-state index contributed by atoms with van der Waals surface area (Å²) in [5.41, 5.74) is 0.566. The summed E-state index contributed by atoms with van der Waals surface area (Å²) < 4.78 is 23.0. The Morgan fingerprint density at radius 2 is 1.83 bits per heavy atom. The van der Waals surface area contributed by atoms with Crippen LogP contribution in [0.25, 0.3) is 0 Å². The first-order valence-electron chi connectivity index (χ1n) is 7.67. The second-order valence-electron chi connectivity index (χ2n) is 5.45. The SMILES string of the molecule is CCOP(=O)(Cc1ccc(NC(=O)C2(C#N)CC2)cc1)OCC. The van der Waals surface area contributed by atoms with Gasteiger partial charge in [-0.15, -0.1) is 0 Å². The molecule has 0 bridgehead atoms. The molecule has 1 aliphatic carbocycles. The number of rotatable bonds is 8. The molecule has 0 unspecified atom stereocenters. The maximum atomic E-state index is 12.5. The number of nitriles is 1. The summed E-state index contributed by atoms with van der Waals surface area (Å²) >= 11 is 0. The fraction of sp³-hybridized carbons (Fsp3) is 0.500. The van der Waals surface area contributed by atoms with Crippen molar-refractivity contribution in [1.29, 1.82) is 5.26 Å². The third-order valence-corrected chi connectivity index (χ3v) is 5.69. The zero-order valence-electron chi connectivity index (χ0n) is 13.4. The molecule has 1 aromatic carbocycles. The molecule has 0 heterocycles. The Morgan fingerprint density at radius 1 is 1.26 bits per heavy atom. The van der Waals surface area contributed by atoms with E-state index >= 15 is 0 Å². The topological polar surface area (TPSA) is 88.4 Å². The highest BCUT2D eigenvalue weighted by Gasteiger charge is 2.50. The van der Waals surface area contributed by atoms with Crippen molar-refractivity contribution in [2.24, 2.45) is 5.41 Å². The lowest BCUT2D eigenvalue weighted by Crippen LogP contribution is -2.22. The summed E-state index contributed by atoms with van der Waals surface area (Å²) in [7, 11) is -3.14. The summed E-state index contributed by atoms with van der Waals surface area (Å²) in [5.74, 6) is -0.262. The molecule has 0 radical (unpaired) electrons. The molecule has 6 nitrogen and oxygen atoms in total. The van der Waals surface area contributed by atoms with Gasteiger partial charge in [0, 0.05) is 5.69 Å². The maximum Gasteiger partial charge on any atom is 0.335 e. The van der Waals surface area contributed by atoms with Gasteiger partial charge in [-0.05, 0) is 44.4 Å². The smallest absolute Gasteiger partial charge is 0.325 e. The van der Waals surface area contributed by atoms with Crippen LogP contribution in [0.4, 0.5) is 5.69 Å². The van der Waals surface area contributed by atoms with E-state index in [0.29, 0.717) is 31.7 Å². The number of benzene rings is 1. The highest BCUT2D eigenvalue weighted by Crippen LogP contribution is 2.51. The van der Waals surface area contributed by atoms with Crippen LogP contribution in [-0.4, -0.2) is 19.1 Å². The summed E-state index contributed by atoms with van der Waals surface area (Å²) in [5, 5.41) is 11.8. The highest BCUT2D eigenvalue weighted by atomic mass is 31.2. The van der Waals surface area contributed by atoms with Crippen LogP contribution < -0.4 is 5.32 Å². The predicted octanol–water partition coefficient (Wildman–Crippen LogP) is 3.69. The number of nitrogens with one attached hydrogen (secondary N) is 1. The Kier molecular flexibility index (Phi) is 5.59. The van der Waals surface area contributed by atoms with Crippen molar-refractivity contribution in [2.75, 3.05) is 18.5 Å². The molecule has 0 spiro atoms. The van der Waals surface area contributed by atoms with Crippen LogP contribution in [0, 0.1) is 16.7 Å². The van der Waals surface area contributed by atoms with Crippen LogP contribution in [0.15, 0.2) is 24.3 Å². The van der Waals surface area contributed by atoms with E-state index in [2.05, 4.69) is 11.4 Å². The van der Waals surface area contributed by atoms with E-state index in [9.17, 15) is 9.36 Å². The molecule has 23 heavy (non-hydrogen) atoms. The number of carbonyl (C=O) groups excluding carboxylic acids is 1. The average Bonchev–Trinajstić information content (AvgIpc) is 3.31. The standard InChI is InChI=1S/C16H21N2O4P/c1-3-21-23(20,22-4-2)11-13-5-7-14(8-6-13)18-15(19)16(12-17)9-10-16/h5-8H,3-4,9-11H2,1-2H3,(H,18,19). The first kappa shape index (κ1) is 17.7. The Hall–Kier alpha value is -1.67. The van der Waals surface area contributed by atoms with Crippen molar-refractivity contribution in [1.82, 2.24) is 0 Å². The van der Waals surface area contributed by atoms with Crippen LogP contribution in [-0.2, 0) is 24.6 Å². The van der Waals surface area contributed by atoms with Crippen LogP contribution >= 0.6 is 7.60 Å². The molecule has 7 heteroatoms. The molecule has 2 rings (SSSR count). The highest BCUT2D eigenvalue weighted by molar-refractivity contribution is 7.53. The molecular weight excluding hydrogens is 315 g/mol. The van der Waals surface area contributed by atoms with Crippen LogP contribution in [0.5, 0.6) is 0 Å². The van der Waals surface area contributed by atoms with E-state index in [0.717, 1.165) is 5.56 Å². The van der Waals surface area contributed by atoms with Crippen molar-refractivity contribution in [2.45, 2.75) is 32.9 Å². The Bertz CT molecular complexity index is 637. The normalized spacial score (nSPS) is 15.7. The number of amides is 1. The number of anilines is 1. The summed E-state index contributed by atoms with van der Waals surface area (Å²) in [4.78, 5) is 12.0. The summed E-state index contributed by atoms with van der Waals surface area (Å²) in [6.45, 7) is 4.18. The van der Waals surface area contributed by atoms with Crippen molar-refractivity contribution < 1.29 is 18.4 Å². The van der Waals surface area contributed by atoms with Gasteiger partial charge in [-0.3, -0.25) is 9.36 Å². The second-order valence-corrected chi connectivity index (χ2v) is 7.50. The van der Waals surface area contributed by atoms with Crippen molar-refractivity contribution in [3.05, 3.63) is 29.8 Å². The minimum Gasteiger partial charge on any atom is -0.325 e. The van der Waals surface area contributed by atoms with Crippen LogP contribution in [0.3, 0.4) is 0 Å². The Labute approximate surface area is 136 Å². The van der Waals surface area contributed by atoms with Crippen molar-refractivity contribution in [3.63, 3.8) is 0 Å². The van der Waals surface area contributed by atoms with Gasteiger partial charge >= 0.3 is 7.60 Å². The zero-order valence-corrected chi connectivity index (χ0v) is 14.3. The van der Waals surface area contributed by atoms with E-state index in [1.165, 1.54) is 0 Å². The lowest BCUT2D eigenvalue weighted by atomic mass is 10.1. The van der Waals surface area contributed by atoms with Gasteiger partial charge in [0.25, 0.3) is 0 Å². The van der Waals surface area contributed by atoms with E-state index in [4.69, 9.17) is 14.3 Å². The fourth-order valence-corrected chi connectivity index (χ4v) is 3.91. The van der Waals surface area contributed by atoms with Gasteiger partial charge in [-0.2, -0.15) is 5.26 Å². The molecule has 1 amide bonds. The molecule has 0 saturated heterocycles. The van der Waals surface area contributed by atoms with E-state index < -0.39 is 13.0 Å². The van der Waals surface area contributed by atoms with Gasteiger partial charge in [0.1, 0.15) is 5.41 Å². The monoisotopic (exact) mass is 336 g/mol. The van der Waals surface area contributed by atoms with E-state index in [1.807, 2.05) is 0 Å². The molecule has 1 aromatic rings. The van der Waals surface area contributed by atoms with Crippen LogP contribution in [0.2, 0.25) is 0 Å². The third kappa shape index (κ3) is 4.42. The molecule has 124 valence electrons. The quantitative estimate of drug-likeness (QED) is 0.731. The molecular formula is C16H21N2O4P. The lowest BCUT2D eigenvalue weighted by Gasteiger charge is -2.17. The molecule has 0 atom stereocenters. The predicted molar refractivity (Wildman–Crippen MR) is 86.9 cm³/mol. The number of carbonyl (C=O) groups is 1. The van der Waals surface area contributed by atoms with E-state index in [1.54, 1.807) is 38.1 Å². The van der Waals surface area contributed by atoms with Crippen molar-refractivity contribution in [3.8, 4) is 6.07 Å². The number of hydrogen-bond donors (Lipinski definition) is 1. The third-order valence-electron chi connectivity index (χ3n) is 3.64. The molecule has 1 fully saturated rings. The zero-order chi connectivity index (χ0) is 16.9. The first-order valence-corrected chi connectivity index (χ1v) is 9.39. The summed E-state index contributed by atoms with van der Waals surface area (Å²) in [6, 6.07) is 9.05. The Morgan fingerprint density at radius 3 is 2.26 bits per heavy atom. The minimum absolute atomic E-state index is 0.186. The largest absolute Gasteiger partial charge is 0.335 e.